The van der Waals surface area contributed by atoms with Crippen molar-refractivity contribution in [3.63, 3.8) is 0 Å². The van der Waals surface area contributed by atoms with Crippen LogP contribution in [0.4, 0.5) is 0 Å². The van der Waals surface area contributed by atoms with E-state index in [0.717, 1.165) is 0 Å². The van der Waals surface area contributed by atoms with Crippen LogP contribution in [0.2, 0.25) is 0 Å². The number of methoxy groups -OCH3 is 1. The number of aliphatic carboxylic acids is 1. The standard InChI is InChI=1S/C10H15NO4/c1-7(9-4-3-5-15-9)11-8(6-14-2)10(12)13/h3-5,7-8,11H,6H2,1-2H3,(H,12,13)/t7-,8?/m0/s1. The molecule has 0 radical (unpaired) electrons. The van der Waals surface area contributed by atoms with Gasteiger partial charge in [0.2, 0.25) is 0 Å². The van der Waals surface area contributed by atoms with Crippen LogP contribution in [0.1, 0.15) is 18.7 Å². The monoisotopic (exact) mass is 213 g/mol. The molecule has 0 aliphatic carbocycles. The molecule has 0 spiro atoms. The predicted octanol–water partition coefficient (Wildman–Crippen LogP) is 1.03. The van der Waals surface area contributed by atoms with Crippen molar-refractivity contribution in [2.45, 2.75) is 19.0 Å². The number of ether oxygens (including phenoxy) is 1. The summed E-state index contributed by atoms with van der Waals surface area (Å²) >= 11 is 0. The van der Waals surface area contributed by atoms with E-state index in [0.29, 0.717) is 5.76 Å². The minimum atomic E-state index is -0.935. The fraction of sp³-hybridized carbons (Fsp3) is 0.500. The lowest BCUT2D eigenvalue weighted by Gasteiger charge is -2.17. The molecule has 1 rings (SSSR count). The van der Waals surface area contributed by atoms with Crippen LogP contribution in [0.15, 0.2) is 22.8 Å². The molecule has 15 heavy (non-hydrogen) atoms. The second-order valence-corrected chi connectivity index (χ2v) is 3.25. The van der Waals surface area contributed by atoms with Gasteiger partial charge in [-0.3, -0.25) is 10.1 Å². The van der Waals surface area contributed by atoms with Gasteiger partial charge in [0.05, 0.1) is 18.9 Å². The third-order valence-electron chi connectivity index (χ3n) is 2.05. The number of carboxylic acids is 1. The number of furan rings is 1. The lowest BCUT2D eigenvalue weighted by Crippen LogP contribution is -2.41. The summed E-state index contributed by atoms with van der Waals surface area (Å²) in [7, 11) is 1.47. The number of rotatable bonds is 6. The summed E-state index contributed by atoms with van der Waals surface area (Å²) in [6.07, 6.45) is 1.56. The summed E-state index contributed by atoms with van der Waals surface area (Å²) in [5, 5.41) is 11.8. The van der Waals surface area contributed by atoms with Gasteiger partial charge in [-0.05, 0) is 19.1 Å². The van der Waals surface area contributed by atoms with Crippen LogP contribution in [-0.4, -0.2) is 30.8 Å². The number of hydrogen-bond acceptors (Lipinski definition) is 4. The van der Waals surface area contributed by atoms with Crippen molar-refractivity contribution in [2.75, 3.05) is 13.7 Å². The first-order valence-corrected chi connectivity index (χ1v) is 4.66. The Kier molecular flexibility index (Phi) is 4.33. The minimum absolute atomic E-state index is 0.125. The summed E-state index contributed by atoms with van der Waals surface area (Å²) < 4.78 is 9.97. The molecule has 2 atom stereocenters. The molecule has 0 saturated carbocycles. The first-order valence-electron chi connectivity index (χ1n) is 4.66. The van der Waals surface area contributed by atoms with Gasteiger partial charge in [0, 0.05) is 7.11 Å². The molecule has 0 amide bonds. The molecule has 2 N–H and O–H groups in total. The van der Waals surface area contributed by atoms with Crippen molar-refractivity contribution in [3.8, 4) is 0 Å². The zero-order valence-electron chi connectivity index (χ0n) is 8.77. The van der Waals surface area contributed by atoms with Gasteiger partial charge in [-0.1, -0.05) is 0 Å². The van der Waals surface area contributed by atoms with Gasteiger partial charge in [-0.25, -0.2) is 0 Å². The Balaban J connectivity index is 2.54. The maximum atomic E-state index is 10.8. The van der Waals surface area contributed by atoms with Gasteiger partial charge in [-0.2, -0.15) is 0 Å². The second-order valence-electron chi connectivity index (χ2n) is 3.25. The molecular weight excluding hydrogens is 198 g/mol. The lowest BCUT2D eigenvalue weighted by atomic mass is 10.2. The summed E-state index contributed by atoms with van der Waals surface area (Å²) in [5.74, 6) is -0.229. The SMILES string of the molecule is COCC(N[C@@H](C)c1ccco1)C(=O)O. The molecule has 84 valence electrons. The average molecular weight is 213 g/mol. The Hall–Kier alpha value is -1.33. The molecule has 0 bridgehead atoms. The van der Waals surface area contributed by atoms with Crippen LogP contribution in [0.25, 0.3) is 0 Å². The van der Waals surface area contributed by atoms with Crippen LogP contribution in [-0.2, 0) is 9.53 Å². The normalized spacial score (nSPS) is 14.8. The highest BCUT2D eigenvalue weighted by Gasteiger charge is 2.20. The molecular formula is C10H15NO4. The Labute approximate surface area is 88.0 Å². The number of hydrogen-bond donors (Lipinski definition) is 2. The third-order valence-corrected chi connectivity index (χ3v) is 2.05. The van der Waals surface area contributed by atoms with Crippen LogP contribution in [0, 0.1) is 0 Å². The van der Waals surface area contributed by atoms with Crippen LogP contribution < -0.4 is 5.32 Å². The van der Waals surface area contributed by atoms with E-state index in [4.69, 9.17) is 14.3 Å². The second kappa shape index (κ2) is 5.53. The predicted molar refractivity (Wildman–Crippen MR) is 53.6 cm³/mol. The van der Waals surface area contributed by atoms with E-state index in [9.17, 15) is 4.79 Å². The molecule has 0 aromatic carbocycles. The van der Waals surface area contributed by atoms with E-state index in [1.165, 1.54) is 7.11 Å². The Bertz CT molecular complexity index is 296. The Morgan fingerprint density at radius 1 is 1.73 bits per heavy atom. The summed E-state index contributed by atoms with van der Waals surface area (Å²) in [6.45, 7) is 1.96. The molecule has 5 heteroatoms. The van der Waals surface area contributed by atoms with Crippen molar-refractivity contribution in [2.24, 2.45) is 0 Å². The number of carboxylic acid groups (broad SMARTS) is 1. The van der Waals surface area contributed by atoms with Crippen molar-refractivity contribution in [1.29, 1.82) is 0 Å². The van der Waals surface area contributed by atoms with Gasteiger partial charge in [0.25, 0.3) is 0 Å². The van der Waals surface area contributed by atoms with Gasteiger partial charge in [-0.15, -0.1) is 0 Å². The molecule has 1 aromatic rings. The smallest absolute Gasteiger partial charge is 0.323 e. The highest BCUT2D eigenvalue weighted by Crippen LogP contribution is 2.12. The molecule has 1 aromatic heterocycles. The fourth-order valence-electron chi connectivity index (χ4n) is 1.28. The van der Waals surface area contributed by atoms with E-state index in [-0.39, 0.29) is 12.6 Å². The largest absolute Gasteiger partial charge is 0.480 e. The Morgan fingerprint density at radius 2 is 2.47 bits per heavy atom. The third kappa shape index (κ3) is 3.38. The summed E-state index contributed by atoms with van der Waals surface area (Å²) in [4.78, 5) is 10.8. The highest BCUT2D eigenvalue weighted by molar-refractivity contribution is 5.73. The van der Waals surface area contributed by atoms with E-state index in [2.05, 4.69) is 5.32 Å². The maximum absolute atomic E-state index is 10.8. The van der Waals surface area contributed by atoms with E-state index >= 15 is 0 Å². The lowest BCUT2D eigenvalue weighted by molar-refractivity contribution is -0.141. The molecule has 0 aliphatic heterocycles. The van der Waals surface area contributed by atoms with Crippen LogP contribution in [0.5, 0.6) is 0 Å². The van der Waals surface area contributed by atoms with Crippen molar-refractivity contribution in [3.05, 3.63) is 24.2 Å². The van der Waals surface area contributed by atoms with Gasteiger partial charge < -0.3 is 14.3 Å². The number of carbonyl (C=O) groups is 1. The van der Waals surface area contributed by atoms with Gasteiger partial charge in [0.1, 0.15) is 11.8 Å². The topological polar surface area (TPSA) is 71.7 Å². The number of nitrogens with one attached hydrogen (secondary N) is 1. The zero-order chi connectivity index (χ0) is 11.3. The summed E-state index contributed by atoms with van der Waals surface area (Å²) in [6, 6.07) is 2.68. The van der Waals surface area contributed by atoms with Crippen molar-refractivity contribution in [1.82, 2.24) is 5.32 Å². The van der Waals surface area contributed by atoms with E-state index in [1.54, 1.807) is 18.4 Å². The average Bonchev–Trinajstić information content (AvgIpc) is 2.69. The first-order chi connectivity index (χ1) is 7.15. The fourth-order valence-corrected chi connectivity index (χ4v) is 1.28. The van der Waals surface area contributed by atoms with E-state index in [1.807, 2.05) is 6.92 Å². The Morgan fingerprint density at radius 3 is 2.93 bits per heavy atom. The van der Waals surface area contributed by atoms with Crippen molar-refractivity contribution < 1.29 is 19.1 Å². The van der Waals surface area contributed by atoms with Crippen molar-refractivity contribution >= 4 is 5.97 Å². The van der Waals surface area contributed by atoms with Gasteiger partial charge >= 0.3 is 5.97 Å². The molecule has 0 aliphatic rings. The molecule has 1 heterocycles. The quantitative estimate of drug-likeness (QED) is 0.738. The van der Waals surface area contributed by atoms with Gasteiger partial charge in [0.15, 0.2) is 0 Å². The van der Waals surface area contributed by atoms with Crippen LogP contribution in [0.3, 0.4) is 0 Å². The first kappa shape index (κ1) is 11.7. The molecule has 0 fully saturated rings. The maximum Gasteiger partial charge on any atom is 0.323 e. The minimum Gasteiger partial charge on any atom is -0.480 e. The molecule has 5 nitrogen and oxygen atoms in total. The molecule has 0 saturated heterocycles. The van der Waals surface area contributed by atoms with E-state index < -0.39 is 12.0 Å². The molecule has 1 unspecified atom stereocenters. The highest BCUT2D eigenvalue weighted by atomic mass is 16.5. The van der Waals surface area contributed by atoms with Crippen LogP contribution >= 0.6 is 0 Å². The zero-order valence-corrected chi connectivity index (χ0v) is 8.77. The summed E-state index contributed by atoms with van der Waals surface area (Å²) in [5.41, 5.74) is 0.